The zero-order valence-electron chi connectivity index (χ0n) is 13.0. The van der Waals surface area contributed by atoms with E-state index in [1.807, 2.05) is 23.3 Å². The SMILES string of the molecule is COCCn1cncc1CN1CCCn2nc(CO)cc2C1. The smallest absolute Gasteiger partial charge is 0.0949 e. The molecule has 0 fully saturated rings. The summed E-state index contributed by atoms with van der Waals surface area (Å²) < 4.78 is 9.31. The largest absolute Gasteiger partial charge is 0.390 e. The van der Waals surface area contributed by atoms with Crippen molar-refractivity contribution in [3.05, 3.63) is 35.7 Å². The highest BCUT2D eigenvalue weighted by Crippen LogP contribution is 2.16. The monoisotopic (exact) mass is 305 g/mol. The van der Waals surface area contributed by atoms with Gasteiger partial charge >= 0.3 is 0 Å². The van der Waals surface area contributed by atoms with E-state index in [0.29, 0.717) is 6.61 Å². The minimum absolute atomic E-state index is 0.00376. The van der Waals surface area contributed by atoms with E-state index in [9.17, 15) is 5.11 Å². The summed E-state index contributed by atoms with van der Waals surface area (Å²) >= 11 is 0. The van der Waals surface area contributed by atoms with Gasteiger partial charge in [-0.1, -0.05) is 0 Å². The van der Waals surface area contributed by atoms with Gasteiger partial charge in [-0.2, -0.15) is 5.10 Å². The second-order valence-electron chi connectivity index (χ2n) is 5.64. The highest BCUT2D eigenvalue weighted by atomic mass is 16.5. The molecule has 1 N–H and O–H groups in total. The maximum Gasteiger partial charge on any atom is 0.0949 e. The zero-order valence-corrected chi connectivity index (χ0v) is 13.0. The number of aromatic nitrogens is 4. The second kappa shape index (κ2) is 7.04. The number of aryl methyl sites for hydroxylation is 1. The molecule has 3 rings (SSSR count). The number of rotatable bonds is 6. The number of fused-ring (bicyclic) bond motifs is 1. The average molecular weight is 305 g/mol. The minimum atomic E-state index is 0.00376. The quantitative estimate of drug-likeness (QED) is 0.847. The van der Waals surface area contributed by atoms with Gasteiger partial charge in [-0.05, 0) is 12.5 Å². The lowest BCUT2D eigenvalue weighted by Crippen LogP contribution is -2.24. The Bertz CT molecular complexity index is 607. The number of hydrogen-bond acceptors (Lipinski definition) is 5. The number of hydrogen-bond donors (Lipinski definition) is 1. The zero-order chi connectivity index (χ0) is 15.4. The molecule has 0 saturated carbocycles. The van der Waals surface area contributed by atoms with Crippen molar-refractivity contribution in [1.29, 1.82) is 0 Å². The second-order valence-corrected chi connectivity index (χ2v) is 5.64. The van der Waals surface area contributed by atoms with E-state index in [0.717, 1.165) is 44.8 Å². The molecule has 2 aromatic heterocycles. The first-order valence-corrected chi connectivity index (χ1v) is 7.67. The maximum atomic E-state index is 9.24. The van der Waals surface area contributed by atoms with E-state index < -0.39 is 0 Å². The van der Waals surface area contributed by atoms with Crippen molar-refractivity contribution in [3.8, 4) is 0 Å². The molecule has 2 aromatic rings. The van der Waals surface area contributed by atoms with Crippen molar-refractivity contribution in [2.45, 2.75) is 39.2 Å². The molecule has 0 aromatic carbocycles. The minimum Gasteiger partial charge on any atom is -0.390 e. The molecule has 22 heavy (non-hydrogen) atoms. The van der Waals surface area contributed by atoms with Crippen LogP contribution in [-0.2, 0) is 37.5 Å². The Morgan fingerprint density at radius 2 is 2.27 bits per heavy atom. The summed E-state index contributed by atoms with van der Waals surface area (Å²) in [5.41, 5.74) is 3.12. The van der Waals surface area contributed by atoms with Crippen LogP contribution in [0.4, 0.5) is 0 Å². The number of ether oxygens (including phenoxy) is 1. The van der Waals surface area contributed by atoms with Crippen LogP contribution >= 0.6 is 0 Å². The topological polar surface area (TPSA) is 68.3 Å². The van der Waals surface area contributed by atoms with E-state index >= 15 is 0 Å². The van der Waals surface area contributed by atoms with Crippen molar-refractivity contribution >= 4 is 0 Å². The lowest BCUT2D eigenvalue weighted by atomic mass is 10.3. The molecular weight excluding hydrogens is 282 g/mol. The maximum absolute atomic E-state index is 9.24. The summed E-state index contributed by atoms with van der Waals surface area (Å²) in [4.78, 5) is 6.66. The number of imidazole rings is 1. The normalized spacial score (nSPS) is 15.7. The number of aliphatic hydroxyl groups excluding tert-OH is 1. The van der Waals surface area contributed by atoms with Gasteiger partial charge in [0.15, 0.2) is 0 Å². The van der Waals surface area contributed by atoms with E-state index in [1.54, 1.807) is 7.11 Å². The first-order valence-electron chi connectivity index (χ1n) is 7.67. The van der Waals surface area contributed by atoms with Crippen LogP contribution in [0, 0.1) is 0 Å². The van der Waals surface area contributed by atoms with Crippen LogP contribution < -0.4 is 0 Å². The molecule has 7 heteroatoms. The van der Waals surface area contributed by atoms with Gasteiger partial charge in [0.25, 0.3) is 0 Å². The van der Waals surface area contributed by atoms with Gasteiger partial charge in [-0.25, -0.2) is 4.98 Å². The van der Waals surface area contributed by atoms with Gasteiger partial charge in [0.2, 0.25) is 0 Å². The number of aliphatic hydroxyl groups is 1. The van der Waals surface area contributed by atoms with Crippen molar-refractivity contribution in [2.24, 2.45) is 0 Å². The summed E-state index contributed by atoms with van der Waals surface area (Å²) in [6, 6.07) is 2.00. The first-order chi connectivity index (χ1) is 10.8. The van der Waals surface area contributed by atoms with E-state index in [4.69, 9.17) is 4.74 Å². The fourth-order valence-electron chi connectivity index (χ4n) is 2.90. The van der Waals surface area contributed by atoms with Crippen LogP contribution in [0.2, 0.25) is 0 Å². The lowest BCUT2D eigenvalue weighted by molar-refractivity contribution is 0.183. The molecule has 0 atom stereocenters. The van der Waals surface area contributed by atoms with Gasteiger partial charge in [0, 0.05) is 46.0 Å². The molecule has 0 saturated heterocycles. The van der Waals surface area contributed by atoms with Crippen molar-refractivity contribution in [2.75, 3.05) is 20.3 Å². The average Bonchev–Trinajstić information content (AvgIpc) is 3.08. The Morgan fingerprint density at radius 1 is 1.36 bits per heavy atom. The summed E-state index contributed by atoms with van der Waals surface area (Å²) in [5.74, 6) is 0. The summed E-state index contributed by atoms with van der Waals surface area (Å²) in [6.07, 6.45) is 4.85. The first kappa shape index (κ1) is 15.2. The van der Waals surface area contributed by atoms with Crippen molar-refractivity contribution in [3.63, 3.8) is 0 Å². The molecular formula is C15H23N5O2. The standard InChI is InChI=1S/C15H23N5O2/c1-22-6-5-19-12-16-8-15(19)10-18-3-2-4-20-14(9-18)7-13(11-21)17-20/h7-8,12,21H,2-6,9-11H2,1H3. The fraction of sp³-hybridized carbons (Fsp3) is 0.600. The Hall–Kier alpha value is -1.70. The summed E-state index contributed by atoms with van der Waals surface area (Å²) in [7, 11) is 1.71. The van der Waals surface area contributed by atoms with Crippen LogP contribution in [0.25, 0.3) is 0 Å². The summed E-state index contributed by atoms with van der Waals surface area (Å²) in [6.45, 7) is 5.18. The van der Waals surface area contributed by atoms with Gasteiger partial charge in [-0.15, -0.1) is 0 Å². The van der Waals surface area contributed by atoms with E-state index in [1.165, 1.54) is 11.4 Å². The third-order valence-electron chi connectivity index (χ3n) is 4.03. The lowest BCUT2D eigenvalue weighted by Gasteiger charge is -2.20. The van der Waals surface area contributed by atoms with Gasteiger partial charge in [-0.3, -0.25) is 9.58 Å². The van der Waals surface area contributed by atoms with Crippen LogP contribution in [0.15, 0.2) is 18.6 Å². The molecule has 0 amide bonds. The highest BCUT2D eigenvalue weighted by Gasteiger charge is 2.17. The van der Waals surface area contributed by atoms with Gasteiger partial charge in [0.1, 0.15) is 0 Å². The highest BCUT2D eigenvalue weighted by molar-refractivity contribution is 5.11. The predicted octanol–water partition coefficient (Wildman–Crippen LogP) is 0.624. The van der Waals surface area contributed by atoms with Gasteiger partial charge in [0.05, 0.1) is 36.6 Å². The number of methoxy groups -OCH3 is 1. The Kier molecular flexibility index (Phi) is 4.87. The van der Waals surface area contributed by atoms with Crippen LogP contribution in [0.1, 0.15) is 23.5 Å². The molecule has 1 aliphatic rings. The molecule has 0 bridgehead atoms. The van der Waals surface area contributed by atoms with Crippen LogP contribution in [0.3, 0.4) is 0 Å². The molecule has 0 radical (unpaired) electrons. The van der Waals surface area contributed by atoms with E-state index in [2.05, 4.69) is 19.5 Å². The van der Waals surface area contributed by atoms with Crippen molar-refractivity contribution < 1.29 is 9.84 Å². The predicted molar refractivity (Wildman–Crippen MR) is 81.0 cm³/mol. The Morgan fingerprint density at radius 3 is 3.09 bits per heavy atom. The van der Waals surface area contributed by atoms with Crippen molar-refractivity contribution in [1.82, 2.24) is 24.2 Å². The molecule has 0 spiro atoms. The Labute approximate surface area is 130 Å². The number of nitrogens with zero attached hydrogens (tertiary/aromatic N) is 5. The Balaban J connectivity index is 1.69. The fourth-order valence-corrected chi connectivity index (χ4v) is 2.90. The third-order valence-corrected chi connectivity index (χ3v) is 4.03. The van der Waals surface area contributed by atoms with Gasteiger partial charge < -0.3 is 14.4 Å². The van der Waals surface area contributed by atoms with E-state index in [-0.39, 0.29) is 6.61 Å². The molecule has 120 valence electrons. The molecule has 1 aliphatic heterocycles. The molecule has 0 unspecified atom stereocenters. The molecule has 3 heterocycles. The third kappa shape index (κ3) is 3.37. The van der Waals surface area contributed by atoms with Crippen LogP contribution in [-0.4, -0.2) is 49.6 Å². The summed E-state index contributed by atoms with van der Waals surface area (Å²) in [5, 5.41) is 13.7. The molecule has 0 aliphatic carbocycles. The van der Waals surface area contributed by atoms with Crippen LogP contribution in [0.5, 0.6) is 0 Å². The molecule has 7 nitrogen and oxygen atoms in total.